The van der Waals surface area contributed by atoms with E-state index in [1.54, 1.807) is 6.92 Å². The fraction of sp³-hybridized carbons (Fsp3) is 0.333. The Balaban J connectivity index is 2.13. The number of rotatable bonds is 3. The van der Waals surface area contributed by atoms with Gasteiger partial charge in [0.15, 0.2) is 0 Å². The lowest BCUT2D eigenvalue weighted by molar-refractivity contribution is 0.917. The number of H-pyrrole nitrogens is 1. The average molecular weight is 245 g/mol. The molecular formula is C12H15N5O. The van der Waals surface area contributed by atoms with Gasteiger partial charge in [0.2, 0.25) is 5.95 Å². The Kier molecular flexibility index (Phi) is 3.36. The summed E-state index contributed by atoms with van der Waals surface area (Å²) >= 11 is 0. The standard InChI is InChI=1S/C12H15N5O/c1-7-4-8(2)15-12(14-7)13-6-10-5-11(18)17-9(3)16-10/h4-5H,6H2,1-3H3,(H,13,14,15)(H,16,17,18). The van der Waals surface area contributed by atoms with Crippen molar-refractivity contribution in [3.63, 3.8) is 0 Å². The molecule has 0 saturated carbocycles. The van der Waals surface area contributed by atoms with Gasteiger partial charge in [-0.3, -0.25) is 4.79 Å². The SMILES string of the molecule is Cc1cc(C)nc(NCc2cc(=O)[nH]c(C)n2)n1. The minimum atomic E-state index is -0.152. The molecule has 0 aliphatic heterocycles. The molecule has 6 nitrogen and oxygen atoms in total. The summed E-state index contributed by atoms with van der Waals surface area (Å²) < 4.78 is 0. The van der Waals surface area contributed by atoms with Gasteiger partial charge in [0.1, 0.15) is 5.82 Å². The molecule has 6 heteroatoms. The van der Waals surface area contributed by atoms with E-state index in [9.17, 15) is 4.79 Å². The maximum atomic E-state index is 11.3. The molecular weight excluding hydrogens is 230 g/mol. The maximum Gasteiger partial charge on any atom is 0.251 e. The predicted octanol–water partition coefficient (Wildman–Crippen LogP) is 1.10. The summed E-state index contributed by atoms with van der Waals surface area (Å²) in [6.45, 7) is 6.00. The number of nitrogens with zero attached hydrogens (tertiary/aromatic N) is 3. The second kappa shape index (κ2) is 4.95. The van der Waals surface area contributed by atoms with Crippen LogP contribution in [0.4, 0.5) is 5.95 Å². The molecule has 0 spiro atoms. The lowest BCUT2D eigenvalue weighted by Crippen LogP contribution is -2.13. The molecule has 2 N–H and O–H groups in total. The quantitative estimate of drug-likeness (QED) is 0.846. The summed E-state index contributed by atoms with van der Waals surface area (Å²) in [5.41, 5.74) is 2.32. The van der Waals surface area contributed by atoms with E-state index in [1.807, 2.05) is 19.9 Å². The van der Waals surface area contributed by atoms with Crippen LogP contribution in [0.3, 0.4) is 0 Å². The van der Waals surface area contributed by atoms with Crippen LogP contribution in [0.2, 0.25) is 0 Å². The minimum Gasteiger partial charge on any atom is -0.349 e. The summed E-state index contributed by atoms with van der Waals surface area (Å²) in [7, 11) is 0. The van der Waals surface area contributed by atoms with Crippen LogP contribution < -0.4 is 10.9 Å². The zero-order valence-corrected chi connectivity index (χ0v) is 10.6. The Morgan fingerprint density at radius 3 is 2.39 bits per heavy atom. The maximum absolute atomic E-state index is 11.3. The molecule has 0 bridgehead atoms. The third-order valence-corrected chi connectivity index (χ3v) is 2.32. The highest BCUT2D eigenvalue weighted by molar-refractivity contribution is 5.28. The first-order valence-electron chi connectivity index (χ1n) is 5.66. The van der Waals surface area contributed by atoms with Crippen LogP contribution in [0.15, 0.2) is 16.9 Å². The van der Waals surface area contributed by atoms with Gasteiger partial charge in [-0.2, -0.15) is 0 Å². The van der Waals surface area contributed by atoms with E-state index in [-0.39, 0.29) is 5.56 Å². The second-order valence-corrected chi connectivity index (χ2v) is 4.15. The number of aryl methyl sites for hydroxylation is 3. The van der Waals surface area contributed by atoms with Gasteiger partial charge >= 0.3 is 0 Å². The van der Waals surface area contributed by atoms with Gasteiger partial charge in [-0.25, -0.2) is 15.0 Å². The molecule has 0 saturated heterocycles. The fourth-order valence-corrected chi connectivity index (χ4v) is 1.71. The molecule has 2 aromatic heterocycles. The monoisotopic (exact) mass is 245 g/mol. The molecule has 0 radical (unpaired) electrons. The zero-order valence-electron chi connectivity index (χ0n) is 10.6. The van der Waals surface area contributed by atoms with Crippen molar-refractivity contribution in [1.82, 2.24) is 19.9 Å². The second-order valence-electron chi connectivity index (χ2n) is 4.15. The van der Waals surface area contributed by atoms with Crippen molar-refractivity contribution in [2.45, 2.75) is 27.3 Å². The summed E-state index contributed by atoms with van der Waals surface area (Å²) in [6, 6.07) is 3.36. The first-order valence-corrected chi connectivity index (χ1v) is 5.66. The smallest absolute Gasteiger partial charge is 0.251 e. The van der Waals surface area contributed by atoms with Gasteiger partial charge < -0.3 is 10.3 Å². The van der Waals surface area contributed by atoms with Gasteiger partial charge in [-0.15, -0.1) is 0 Å². The lowest BCUT2D eigenvalue weighted by atomic mass is 10.3. The Hall–Kier alpha value is -2.24. The molecule has 2 heterocycles. The molecule has 0 unspecified atom stereocenters. The van der Waals surface area contributed by atoms with Crippen LogP contribution >= 0.6 is 0 Å². The van der Waals surface area contributed by atoms with Crippen molar-refractivity contribution in [3.05, 3.63) is 45.4 Å². The average Bonchev–Trinajstić information content (AvgIpc) is 2.23. The van der Waals surface area contributed by atoms with Crippen molar-refractivity contribution in [2.75, 3.05) is 5.32 Å². The highest BCUT2D eigenvalue weighted by Gasteiger charge is 2.01. The molecule has 0 aliphatic rings. The molecule has 0 aromatic carbocycles. The first kappa shape index (κ1) is 12.2. The molecule has 94 valence electrons. The summed E-state index contributed by atoms with van der Waals surface area (Å²) in [4.78, 5) is 26.6. The number of aromatic nitrogens is 4. The van der Waals surface area contributed by atoms with Crippen molar-refractivity contribution < 1.29 is 0 Å². The van der Waals surface area contributed by atoms with Crippen molar-refractivity contribution >= 4 is 5.95 Å². The van der Waals surface area contributed by atoms with Gasteiger partial charge in [-0.05, 0) is 26.8 Å². The number of nitrogens with one attached hydrogen (secondary N) is 2. The number of hydrogen-bond donors (Lipinski definition) is 2. The van der Waals surface area contributed by atoms with Gasteiger partial charge in [0.25, 0.3) is 5.56 Å². The van der Waals surface area contributed by atoms with Crippen LogP contribution in [-0.4, -0.2) is 19.9 Å². The van der Waals surface area contributed by atoms with Crippen LogP contribution in [0.1, 0.15) is 22.9 Å². The molecule has 0 fully saturated rings. The fourth-order valence-electron chi connectivity index (χ4n) is 1.71. The molecule has 0 aliphatic carbocycles. The van der Waals surface area contributed by atoms with Crippen molar-refractivity contribution in [1.29, 1.82) is 0 Å². The van der Waals surface area contributed by atoms with E-state index >= 15 is 0 Å². The summed E-state index contributed by atoms with van der Waals surface area (Å²) in [5, 5.41) is 3.06. The highest BCUT2D eigenvalue weighted by atomic mass is 16.1. The molecule has 18 heavy (non-hydrogen) atoms. The van der Waals surface area contributed by atoms with E-state index in [2.05, 4.69) is 25.3 Å². The Labute approximate surface area is 105 Å². The largest absolute Gasteiger partial charge is 0.349 e. The number of aromatic amines is 1. The Morgan fingerprint density at radius 2 is 1.78 bits per heavy atom. The minimum absolute atomic E-state index is 0.152. The molecule has 0 atom stereocenters. The van der Waals surface area contributed by atoms with E-state index < -0.39 is 0 Å². The normalized spacial score (nSPS) is 10.4. The van der Waals surface area contributed by atoms with Gasteiger partial charge in [0, 0.05) is 17.5 Å². The third kappa shape index (κ3) is 3.13. The molecule has 2 rings (SSSR count). The topological polar surface area (TPSA) is 83.6 Å². The van der Waals surface area contributed by atoms with Gasteiger partial charge in [0.05, 0.1) is 12.2 Å². The Bertz CT molecular complexity index is 600. The lowest BCUT2D eigenvalue weighted by Gasteiger charge is -2.06. The van der Waals surface area contributed by atoms with E-state index in [0.29, 0.717) is 24.0 Å². The van der Waals surface area contributed by atoms with E-state index in [4.69, 9.17) is 0 Å². The summed E-state index contributed by atoms with van der Waals surface area (Å²) in [5.74, 6) is 1.15. The third-order valence-electron chi connectivity index (χ3n) is 2.32. The first-order chi connectivity index (χ1) is 8.52. The van der Waals surface area contributed by atoms with Crippen LogP contribution in [-0.2, 0) is 6.54 Å². The zero-order chi connectivity index (χ0) is 13.1. The highest BCUT2D eigenvalue weighted by Crippen LogP contribution is 2.04. The molecule has 0 amide bonds. The van der Waals surface area contributed by atoms with E-state index in [1.165, 1.54) is 6.07 Å². The van der Waals surface area contributed by atoms with Crippen molar-refractivity contribution in [3.8, 4) is 0 Å². The summed E-state index contributed by atoms with van der Waals surface area (Å²) in [6.07, 6.45) is 0. The number of hydrogen-bond acceptors (Lipinski definition) is 5. The van der Waals surface area contributed by atoms with Crippen molar-refractivity contribution in [2.24, 2.45) is 0 Å². The van der Waals surface area contributed by atoms with Crippen LogP contribution in [0, 0.1) is 20.8 Å². The van der Waals surface area contributed by atoms with E-state index in [0.717, 1.165) is 11.4 Å². The Morgan fingerprint density at radius 1 is 1.11 bits per heavy atom. The van der Waals surface area contributed by atoms with Gasteiger partial charge in [-0.1, -0.05) is 0 Å². The van der Waals surface area contributed by atoms with Crippen LogP contribution in [0.25, 0.3) is 0 Å². The molecule has 2 aromatic rings. The van der Waals surface area contributed by atoms with Crippen LogP contribution in [0.5, 0.6) is 0 Å². The predicted molar refractivity (Wildman–Crippen MR) is 68.4 cm³/mol. The number of anilines is 1.